The van der Waals surface area contributed by atoms with Gasteiger partial charge in [-0.3, -0.25) is 4.98 Å². The number of hydrogen-bond acceptors (Lipinski definition) is 5. The van der Waals surface area contributed by atoms with Gasteiger partial charge in [0.25, 0.3) is 0 Å². The normalized spacial score (nSPS) is 10.8. The van der Waals surface area contributed by atoms with E-state index in [1.54, 1.807) is 24.4 Å². The number of rotatable bonds is 7. The van der Waals surface area contributed by atoms with Crippen LogP contribution in [0.2, 0.25) is 10.2 Å². The van der Waals surface area contributed by atoms with Gasteiger partial charge in [-0.15, -0.1) is 0 Å². The number of carbonyl (C=O) groups is 1. The van der Waals surface area contributed by atoms with Gasteiger partial charge in [0, 0.05) is 12.3 Å². The topological polar surface area (TPSA) is 61.3 Å². The minimum Gasteiger partial charge on any atom is -0.487 e. The van der Waals surface area contributed by atoms with Gasteiger partial charge in [-0.25, -0.2) is 9.78 Å². The molecular weight excluding hydrogens is 399 g/mol. The number of esters is 1. The lowest BCUT2D eigenvalue weighted by Crippen LogP contribution is -2.03. The molecule has 0 N–H and O–H groups in total. The third-order valence-corrected chi connectivity index (χ3v) is 4.20. The predicted octanol–water partition coefficient (Wildman–Crippen LogP) is 5.12. The molecule has 0 aliphatic rings. The summed E-state index contributed by atoms with van der Waals surface area (Å²) in [5.41, 5.74) is 2.09. The molecule has 5 nitrogen and oxygen atoms in total. The first-order valence-electron chi connectivity index (χ1n) is 8.39. The third-order valence-electron chi connectivity index (χ3n) is 3.64. The lowest BCUT2D eigenvalue weighted by atomic mass is 10.2. The van der Waals surface area contributed by atoms with Gasteiger partial charge >= 0.3 is 5.97 Å². The van der Waals surface area contributed by atoms with Gasteiger partial charge in [-0.2, -0.15) is 0 Å². The van der Waals surface area contributed by atoms with Crippen LogP contribution in [-0.2, 0) is 22.7 Å². The molecule has 0 radical (unpaired) electrons. The molecule has 3 aromatic rings. The summed E-state index contributed by atoms with van der Waals surface area (Å²) in [5.74, 6) is 0.209. The van der Waals surface area contributed by atoms with E-state index in [9.17, 15) is 4.79 Å². The number of pyridine rings is 2. The highest BCUT2D eigenvalue weighted by molar-refractivity contribution is 6.32. The highest BCUT2D eigenvalue weighted by Crippen LogP contribution is 2.18. The molecule has 0 atom stereocenters. The maximum Gasteiger partial charge on any atom is 0.331 e. The van der Waals surface area contributed by atoms with Crippen LogP contribution in [0.4, 0.5) is 0 Å². The molecule has 0 amide bonds. The highest BCUT2D eigenvalue weighted by Gasteiger charge is 2.06. The van der Waals surface area contributed by atoms with Crippen LogP contribution < -0.4 is 4.74 Å². The molecule has 0 bridgehead atoms. The minimum atomic E-state index is -0.506. The summed E-state index contributed by atoms with van der Waals surface area (Å²) < 4.78 is 10.8. The molecule has 2 heterocycles. The Labute approximate surface area is 172 Å². The molecule has 0 saturated carbocycles. The molecule has 0 aliphatic heterocycles. The summed E-state index contributed by atoms with van der Waals surface area (Å²) >= 11 is 11.8. The number of nitrogens with zero attached hydrogens (tertiary/aromatic N) is 2. The first kappa shape index (κ1) is 19.9. The van der Waals surface area contributed by atoms with E-state index in [0.29, 0.717) is 23.1 Å². The molecule has 142 valence electrons. The van der Waals surface area contributed by atoms with Crippen molar-refractivity contribution in [2.45, 2.75) is 13.2 Å². The van der Waals surface area contributed by atoms with Crippen LogP contribution >= 0.6 is 23.2 Å². The van der Waals surface area contributed by atoms with Crippen LogP contribution in [0.1, 0.15) is 17.0 Å². The second-order valence-corrected chi connectivity index (χ2v) is 6.48. The van der Waals surface area contributed by atoms with Crippen molar-refractivity contribution < 1.29 is 14.3 Å². The smallest absolute Gasteiger partial charge is 0.331 e. The fraction of sp³-hybridized carbons (Fsp3) is 0.0952. The highest BCUT2D eigenvalue weighted by atomic mass is 35.5. The molecule has 7 heteroatoms. The van der Waals surface area contributed by atoms with Crippen LogP contribution in [0, 0.1) is 0 Å². The van der Waals surface area contributed by atoms with Crippen molar-refractivity contribution in [3.05, 3.63) is 94.0 Å². The van der Waals surface area contributed by atoms with E-state index in [4.69, 9.17) is 32.7 Å². The molecule has 0 spiro atoms. The molecule has 28 heavy (non-hydrogen) atoms. The third kappa shape index (κ3) is 6.08. The zero-order valence-corrected chi connectivity index (χ0v) is 16.2. The lowest BCUT2D eigenvalue weighted by molar-refractivity contribution is -0.139. The standard InChI is InChI=1S/C21H16Cl2N2O3/c22-18-9-10-20(23)25-19(18)14-28-21(26)11-6-15-4-7-17(8-5-15)27-13-16-3-1-2-12-24-16/h1-12H,13-14H2/b11-6+. The van der Waals surface area contributed by atoms with E-state index >= 15 is 0 Å². The fourth-order valence-corrected chi connectivity index (χ4v) is 2.55. The Morgan fingerprint density at radius 3 is 2.57 bits per heavy atom. The van der Waals surface area contributed by atoms with Gasteiger partial charge in [-0.05, 0) is 48.0 Å². The second kappa shape index (κ2) is 9.88. The number of carbonyl (C=O) groups excluding carboxylic acids is 1. The molecule has 0 aliphatic carbocycles. The van der Waals surface area contributed by atoms with E-state index in [1.807, 2.05) is 42.5 Å². The second-order valence-electron chi connectivity index (χ2n) is 5.68. The SMILES string of the molecule is O=C(/C=C/c1ccc(OCc2ccccn2)cc1)OCc1nc(Cl)ccc1Cl. The van der Waals surface area contributed by atoms with Gasteiger partial charge in [-0.1, -0.05) is 41.4 Å². The molecular formula is C21H16Cl2N2O3. The van der Waals surface area contributed by atoms with Crippen LogP contribution in [0.3, 0.4) is 0 Å². The van der Waals surface area contributed by atoms with Crippen molar-refractivity contribution >= 4 is 35.2 Å². The number of ether oxygens (including phenoxy) is 2. The maximum atomic E-state index is 11.9. The molecule has 2 aromatic heterocycles. The van der Waals surface area contributed by atoms with Crippen molar-refractivity contribution in [2.24, 2.45) is 0 Å². The first-order chi connectivity index (χ1) is 13.6. The van der Waals surface area contributed by atoms with Crippen molar-refractivity contribution in [1.82, 2.24) is 9.97 Å². The minimum absolute atomic E-state index is 0.0527. The number of benzene rings is 1. The van der Waals surface area contributed by atoms with Gasteiger partial charge in [0.05, 0.1) is 16.4 Å². The molecule has 0 unspecified atom stereocenters. The van der Waals surface area contributed by atoms with E-state index in [2.05, 4.69) is 9.97 Å². The Balaban J connectivity index is 1.49. The summed E-state index contributed by atoms with van der Waals surface area (Å²) in [6, 6.07) is 16.2. The predicted molar refractivity (Wildman–Crippen MR) is 108 cm³/mol. The van der Waals surface area contributed by atoms with E-state index < -0.39 is 5.97 Å². The van der Waals surface area contributed by atoms with Crippen molar-refractivity contribution in [3.8, 4) is 5.75 Å². The first-order valence-corrected chi connectivity index (χ1v) is 9.14. The number of halogens is 2. The average molecular weight is 415 g/mol. The van der Waals surface area contributed by atoms with Gasteiger partial charge in [0.15, 0.2) is 0 Å². The fourth-order valence-electron chi connectivity index (χ4n) is 2.23. The molecule has 1 aromatic carbocycles. The number of aromatic nitrogens is 2. The zero-order chi connectivity index (χ0) is 19.8. The average Bonchev–Trinajstić information content (AvgIpc) is 2.73. The molecule has 0 fully saturated rings. The van der Waals surface area contributed by atoms with Crippen LogP contribution in [0.15, 0.2) is 66.9 Å². The molecule has 3 rings (SSSR count). The van der Waals surface area contributed by atoms with Crippen LogP contribution in [0.5, 0.6) is 5.75 Å². The van der Waals surface area contributed by atoms with Crippen LogP contribution in [0.25, 0.3) is 6.08 Å². The zero-order valence-electron chi connectivity index (χ0n) is 14.7. The van der Waals surface area contributed by atoms with Crippen LogP contribution in [-0.4, -0.2) is 15.9 Å². The van der Waals surface area contributed by atoms with Crippen molar-refractivity contribution in [2.75, 3.05) is 0 Å². The monoisotopic (exact) mass is 414 g/mol. The Morgan fingerprint density at radius 1 is 1.00 bits per heavy atom. The van der Waals surface area contributed by atoms with Gasteiger partial charge < -0.3 is 9.47 Å². The molecule has 0 saturated heterocycles. The van der Waals surface area contributed by atoms with E-state index in [0.717, 1.165) is 11.3 Å². The quantitative estimate of drug-likeness (QED) is 0.305. The Morgan fingerprint density at radius 2 is 1.82 bits per heavy atom. The summed E-state index contributed by atoms with van der Waals surface area (Å²) in [6.45, 7) is 0.339. The van der Waals surface area contributed by atoms with Crippen molar-refractivity contribution in [1.29, 1.82) is 0 Å². The van der Waals surface area contributed by atoms with Gasteiger partial charge in [0.2, 0.25) is 0 Å². The summed E-state index contributed by atoms with van der Waals surface area (Å²) in [7, 11) is 0. The van der Waals surface area contributed by atoms with E-state index in [-0.39, 0.29) is 11.8 Å². The maximum absolute atomic E-state index is 11.9. The summed E-state index contributed by atoms with van der Waals surface area (Å²) in [5, 5.41) is 0.679. The Kier molecular flexibility index (Phi) is 7.00. The summed E-state index contributed by atoms with van der Waals surface area (Å²) in [4.78, 5) is 20.1. The van der Waals surface area contributed by atoms with E-state index in [1.165, 1.54) is 6.08 Å². The van der Waals surface area contributed by atoms with Gasteiger partial charge in [0.1, 0.15) is 24.1 Å². The Bertz CT molecular complexity index is 961. The Hall–Kier alpha value is -2.89. The largest absolute Gasteiger partial charge is 0.487 e. The number of hydrogen-bond donors (Lipinski definition) is 0. The van der Waals surface area contributed by atoms with Crippen molar-refractivity contribution in [3.63, 3.8) is 0 Å². The summed E-state index contributed by atoms with van der Waals surface area (Å²) in [6.07, 6.45) is 4.71. The lowest BCUT2D eigenvalue weighted by Gasteiger charge is -2.06.